The first-order valence-electron chi connectivity index (χ1n) is 7.96. The van der Waals surface area contributed by atoms with Gasteiger partial charge in [0.2, 0.25) is 0 Å². The van der Waals surface area contributed by atoms with Crippen LogP contribution in [0.1, 0.15) is 19.4 Å². The third-order valence-electron chi connectivity index (χ3n) is 3.84. The average Bonchev–Trinajstić information content (AvgIpc) is 2.55. The van der Waals surface area contributed by atoms with Gasteiger partial charge in [0.05, 0.1) is 7.11 Å². The fraction of sp³-hybridized carbons (Fsp3) is 0.333. The molecule has 2 aromatic rings. The zero-order valence-electron chi connectivity index (χ0n) is 14.4. The van der Waals surface area contributed by atoms with Crippen LogP contribution in [0.15, 0.2) is 36.4 Å². The molecule has 1 heterocycles. The standard InChI is InChI=1S/C18H21Cl2N3O2/c1-4-23(12(2)9-13-5-7-15(25-3)8-6-13)18(24)21-14-10-16(19)22-17(20)11-14/h5-8,10-12H,4,9H2,1-3H3,(H,21,22,24). The summed E-state index contributed by atoms with van der Waals surface area (Å²) in [4.78, 5) is 18.2. The van der Waals surface area contributed by atoms with Crippen LogP contribution in [-0.4, -0.2) is 35.6 Å². The average molecular weight is 382 g/mol. The second-order valence-corrected chi connectivity index (χ2v) is 6.39. The minimum absolute atomic E-state index is 0.0196. The van der Waals surface area contributed by atoms with Crippen molar-refractivity contribution in [2.24, 2.45) is 0 Å². The number of nitrogens with one attached hydrogen (secondary N) is 1. The Balaban J connectivity index is 2.04. The number of benzene rings is 1. The topological polar surface area (TPSA) is 54.5 Å². The van der Waals surface area contributed by atoms with Crippen molar-refractivity contribution in [2.75, 3.05) is 19.0 Å². The van der Waals surface area contributed by atoms with Crippen LogP contribution in [-0.2, 0) is 6.42 Å². The Kier molecular flexibility index (Phi) is 6.91. The zero-order valence-corrected chi connectivity index (χ0v) is 15.9. The molecule has 1 aromatic heterocycles. The summed E-state index contributed by atoms with van der Waals surface area (Å²) in [5.41, 5.74) is 1.65. The number of halogens is 2. The van der Waals surface area contributed by atoms with Crippen LogP contribution in [0, 0.1) is 0 Å². The van der Waals surface area contributed by atoms with Crippen LogP contribution in [0.5, 0.6) is 5.75 Å². The monoisotopic (exact) mass is 381 g/mol. The Labute approximate surface area is 157 Å². The fourth-order valence-electron chi connectivity index (χ4n) is 2.60. The molecule has 25 heavy (non-hydrogen) atoms. The van der Waals surface area contributed by atoms with E-state index in [-0.39, 0.29) is 22.4 Å². The first-order chi connectivity index (χ1) is 11.9. The van der Waals surface area contributed by atoms with Crippen LogP contribution < -0.4 is 10.1 Å². The van der Waals surface area contributed by atoms with Gasteiger partial charge in [0.25, 0.3) is 0 Å². The molecule has 1 atom stereocenters. The smallest absolute Gasteiger partial charge is 0.322 e. The van der Waals surface area contributed by atoms with Gasteiger partial charge in [0.15, 0.2) is 0 Å². The Morgan fingerprint density at radius 3 is 2.36 bits per heavy atom. The van der Waals surface area contributed by atoms with Gasteiger partial charge in [-0.25, -0.2) is 9.78 Å². The molecule has 0 saturated carbocycles. The van der Waals surface area contributed by atoms with E-state index in [0.29, 0.717) is 12.2 Å². The lowest BCUT2D eigenvalue weighted by atomic mass is 10.1. The number of pyridine rings is 1. The fourth-order valence-corrected chi connectivity index (χ4v) is 3.06. The molecule has 2 amide bonds. The van der Waals surface area contributed by atoms with Crippen molar-refractivity contribution in [3.63, 3.8) is 0 Å². The molecule has 7 heteroatoms. The molecule has 0 bridgehead atoms. The molecular formula is C18H21Cl2N3O2. The number of hydrogen-bond donors (Lipinski definition) is 1. The van der Waals surface area contributed by atoms with E-state index in [2.05, 4.69) is 10.3 Å². The first-order valence-corrected chi connectivity index (χ1v) is 8.72. The summed E-state index contributed by atoms with van der Waals surface area (Å²) in [7, 11) is 1.64. The van der Waals surface area contributed by atoms with E-state index in [1.807, 2.05) is 38.1 Å². The molecular weight excluding hydrogens is 361 g/mol. The van der Waals surface area contributed by atoms with Gasteiger partial charge in [-0.2, -0.15) is 0 Å². The van der Waals surface area contributed by atoms with E-state index in [9.17, 15) is 4.79 Å². The normalized spacial score (nSPS) is 11.7. The maximum Gasteiger partial charge on any atom is 0.322 e. The van der Waals surface area contributed by atoms with E-state index < -0.39 is 0 Å². The van der Waals surface area contributed by atoms with Crippen LogP contribution in [0.4, 0.5) is 10.5 Å². The zero-order chi connectivity index (χ0) is 18.4. The number of aromatic nitrogens is 1. The molecule has 0 aliphatic heterocycles. The summed E-state index contributed by atoms with van der Waals surface area (Å²) in [5.74, 6) is 0.813. The number of methoxy groups -OCH3 is 1. The van der Waals surface area contributed by atoms with E-state index in [1.54, 1.807) is 24.1 Å². The Morgan fingerprint density at radius 1 is 1.24 bits per heavy atom. The molecule has 0 aliphatic carbocycles. The summed E-state index contributed by atoms with van der Waals surface area (Å²) in [5, 5.41) is 3.28. The molecule has 2 rings (SSSR count). The maximum atomic E-state index is 12.6. The van der Waals surface area contributed by atoms with E-state index in [0.717, 1.165) is 17.7 Å². The third-order valence-corrected chi connectivity index (χ3v) is 4.23. The van der Waals surface area contributed by atoms with Crippen molar-refractivity contribution in [3.05, 3.63) is 52.3 Å². The molecule has 0 radical (unpaired) electrons. The predicted molar refractivity (Wildman–Crippen MR) is 102 cm³/mol. The van der Waals surface area contributed by atoms with Crippen molar-refractivity contribution < 1.29 is 9.53 Å². The molecule has 0 spiro atoms. The number of likely N-dealkylation sites (N-methyl/N-ethyl adjacent to an activating group) is 1. The summed E-state index contributed by atoms with van der Waals surface area (Å²) >= 11 is 11.7. The van der Waals surface area contributed by atoms with Gasteiger partial charge in [-0.1, -0.05) is 35.3 Å². The second kappa shape index (κ2) is 8.92. The summed E-state index contributed by atoms with van der Waals surface area (Å²) < 4.78 is 5.17. The van der Waals surface area contributed by atoms with Crippen LogP contribution in [0.3, 0.4) is 0 Å². The molecule has 1 N–H and O–H groups in total. The number of carbonyl (C=O) groups is 1. The van der Waals surface area contributed by atoms with Gasteiger partial charge in [-0.3, -0.25) is 0 Å². The molecule has 1 aromatic carbocycles. The number of ether oxygens (including phenoxy) is 1. The number of amides is 2. The number of anilines is 1. The number of rotatable bonds is 6. The van der Waals surface area contributed by atoms with E-state index in [1.165, 1.54) is 0 Å². The van der Waals surface area contributed by atoms with Gasteiger partial charge >= 0.3 is 6.03 Å². The van der Waals surface area contributed by atoms with Crippen molar-refractivity contribution >= 4 is 34.9 Å². The van der Waals surface area contributed by atoms with Crippen LogP contribution >= 0.6 is 23.2 Å². The number of hydrogen-bond acceptors (Lipinski definition) is 3. The highest BCUT2D eigenvalue weighted by Gasteiger charge is 2.19. The van der Waals surface area contributed by atoms with E-state index in [4.69, 9.17) is 27.9 Å². The van der Waals surface area contributed by atoms with Gasteiger partial charge in [0.1, 0.15) is 16.1 Å². The quantitative estimate of drug-likeness (QED) is 0.725. The van der Waals surface area contributed by atoms with Gasteiger partial charge in [0, 0.05) is 18.3 Å². The lowest BCUT2D eigenvalue weighted by Gasteiger charge is -2.28. The predicted octanol–water partition coefficient (Wildman–Crippen LogP) is 4.88. The number of carbonyl (C=O) groups excluding carboxylic acids is 1. The molecule has 134 valence electrons. The lowest BCUT2D eigenvalue weighted by Crippen LogP contribution is -2.42. The molecule has 0 fully saturated rings. The third kappa shape index (κ3) is 5.51. The van der Waals surface area contributed by atoms with Gasteiger partial charge < -0.3 is 15.0 Å². The number of nitrogens with zero attached hydrogens (tertiary/aromatic N) is 2. The SMILES string of the molecule is CCN(C(=O)Nc1cc(Cl)nc(Cl)c1)C(C)Cc1ccc(OC)cc1. The first kappa shape index (κ1) is 19.3. The second-order valence-electron chi connectivity index (χ2n) is 5.62. The summed E-state index contributed by atoms with van der Waals surface area (Å²) in [6.07, 6.45) is 0.739. The van der Waals surface area contributed by atoms with Crippen molar-refractivity contribution in [3.8, 4) is 5.75 Å². The number of urea groups is 1. The van der Waals surface area contributed by atoms with E-state index >= 15 is 0 Å². The summed E-state index contributed by atoms with van der Waals surface area (Å²) in [6.45, 7) is 4.53. The maximum absolute atomic E-state index is 12.6. The van der Waals surface area contributed by atoms with Crippen molar-refractivity contribution in [1.82, 2.24) is 9.88 Å². The highest BCUT2D eigenvalue weighted by atomic mass is 35.5. The van der Waals surface area contributed by atoms with Crippen molar-refractivity contribution in [2.45, 2.75) is 26.3 Å². The van der Waals surface area contributed by atoms with Gasteiger partial charge in [-0.15, -0.1) is 0 Å². The van der Waals surface area contributed by atoms with Crippen LogP contribution in [0.2, 0.25) is 10.3 Å². The minimum atomic E-state index is -0.207. The van der Waals surface area contributed by atoms with Crippen molar-refractivity contribution in [1.29, 1.82) is 0 Å². The Morgan fingerprint density at radius 2 is 1.84 bits per heavy atom. The summed E-state index contributed by atoms with van der Waals surface area (Å²) in [6, 6.07) is 10.8. The van der Waals surface area contributed by atoms with Crippen LogP contribution in [0.25, 0.3) is 0 Å². The Bertz CT molecular complexity index is 703. The lowest BCUT2D eigenvalue weighted by molar-refractivity contribution is 0.196. The molecule has 1 unspecified atom stereocenters. The minimum Gasteiger partial charge on any atom is -0.497 e. The van der Waals surface area contributed by atoms with Gasteiger partial charge in [-0.05, 0) is 50.1 Å². The molecule has 0 aliphatic rings. The largest absolute Gasteiger partial charge is 0.497 e. The molecule has 0 saturated heterocycles. The Hall–Kier alpha value is -1.98. The highest BCUT2D eigenvalue weighted by Crippen LogP contribution is 2.20. The highest BCUT2D eigenvalue weighted by molar-refractivity contribution is 6.32. The molecule has 5 nitrogen and oxygen atoms in total.